The van der Waals surface area contributed by atoms with Crippen molar-refractivity contribution in [2.45, 2.75) is 0 Å². The Morgan fingerprint density at radius 3 is 1.50 bits per heavy atom. The molecule has 7 heteroatoms. The highest BCUT2D eigenvalue weighted by atomic mass is 127. The fraction of sp³-hybridized carbons (Fsp3) is 0. The Morgan fingerprint density at radius 1 is 1.50 bits per heavy atom. The van der Waals surface area contributed by atoms with Crippen molar-refractivity contribution in [3.05, 3.63) is 0 Å². The molecule has 0 aliphatic heterocycles. The molecule has 0 saturated carbocycles. The van der Waals surface area contributed by atoms with Crippen molar-refractivity contribution in [1.82, 2.24) is 0 Å². The average molecular weight is 252 g/mol. The monoisotopic (exact) mass is 252 g/mol. The molecular weight excluding hydrogens is 247 g/mol. The normalized spacial score (nSPS) is 7.50. The number of hydrogen-bond acceptors (Lipinski definition) is 4. The van der Waals surface area contributed by atoms with Crippen LogP contribution in [-0.4, -0.2) is 8.55 Å². The first-order valence-corrected chi connectivity index (χ1v) is 4.39. The van der Waals surface area contributed by atoms with Crippen LogP contribution in [0.25, 0.3) is 0 Å². The molecule has 0 aliphatic carbocycles. The van der Waals surface area contributed by atoms with Gasteiger partial charge in [-0.05, 0) is 15.7 Å². The maximum absolute atomic E-state index is 8.68. The van der Waals surface area contributed by atoms with E-state index in [1.165, 1.54) is 0 Å². The highest BCUT2D eigenvalue weighted by molar-refractivity contribution is 7.80. The Morgan fingerprint density at radius 2 is 1.50 bits per heavy atom. The molecule has 0 aromatic rings. The van der Waals surface area contributed by atoms with Gasteiger partial charge in [-0.25, -0.2) is 0 Å². The highest BCUT2D eigenvalue weighted by Gasteiger charge is 1.89. The molecule has 0 atom stereocenters. The Hall–Kier alpha value is 0.300. The zero-order valence-corrected chi connectivity index (χ0v) is 6.68. The summed E-state index contributed by atoms with van der Waals surface area (Å²) in [4.78, 5) is 0. The third-order valence-electron chi connectivity index (χ3n) is 0. The van der Waals surface area contributed by atoms with Crippen LogP contribution in [0.5, 0.6) is 0 Å². The van der Waals surface area contributed by atoms with E-state index in [0.717, 1.165) is 0 Å². The first kappa shape index (κ1) is 11.1. The maximum atomic E-state index is 8.68. The van der Waals surface area contributed by atoms with Crippen molar-refractivity contribution in [1.29, 1.82) is 0 Å². The lowest BCUT2D eigenvalue weighted by atomic mass is 11.3. The van der Waals surface area contributed by atoms with Crippen LogP contribution in [0.4, 0.5) is 0 Å². The molecule has 0 aliphatic rings. The Kier molecular flexibility index (Phi) is 10.2. The van der Waals surface area contributed by atoms with Gasteiger partial charge in [0, 0.05) is 0 Å². The van der Waals surface area contributed by atoms with Crippen molar-refractivity contribution >= 4 is 17.3 Å². The second-order valence-corrected chi connectivity index (χ2v) is 2.22. The minimum absolute atomic E-state index is 0.000000000000000222. The number of hydrogen-bond donors (Lipinski definition) is 3. The molecule has 0 amide bonds. The summed E-state index contributed by atoms with van der Waals surface area (Å²) in [5, 5.41) is 0.000000000000000222. The largest absolute Gasteiger partial charge is 0.503 e. The van der Waals surface area contributed by atoms with Gasteiger partial charge in [0.05, 0.1) is 0 Å². The lowest BCUT2D eigenvalue weighted by molar-refractivity contribution is -1.63. The smallest absolute Gasteiger partial charge is 0.396 e. The number of thiocarbonyl (C=S) groups is 1. The van der Waals surface area contributed by atoms with E-state index in [0.29, 0.717) is 0 Å². The molecule has 0 rings (SSSR count). The summed E-state index contributed by atoms with van der Waals surface area (Å²) in [5.41, 5.74) is 9.24. The quantitative estimate of drug-likeness (QED) is 0.291. The first-order chi connectivity index (χ1) is 3.46. The van der Waals surface area contributed by atoms with Crippen LogP contribution in [0.3, 0.4) is 0 Å². The highest BCUT2D eigenvalue weighted by Crippen LogP contribution is 1.32. The second-order valence-electron chi connectivity index (χ2n) is 0.603. The minimum Gasteiger partial charge on any atom is -0.396 e. The first-order valence-electron chi connectivity index (χ1n) is 1.26. The lowest BCUT2D eigenvalue weighted by Crippen LogP contribution is -3.98. The summed E-state index contributed by atoms with van der Waals surface area (Å²) < 4.78 is 24.5. The maximum Gasteiger partial charge on any atom is 0.503 e. The molecule has 50 valence electrons. The fourth-order valence-corrected chi connectivity index (χ4v) is 0. The van der Waals surface area contributed by atoms with E-state index >= 15 is 0 Å². The van der Waals surface area contributed by atoms with E-state index in [9.17, 15) is 0 Å². The van der Waals surface area contributed by atoms with Crippen molar-refractivity contribution < 1.29 is 31.4 Å². The van der Waals surface area contributed by atoms with E-state index in [1.54, 1.807) is 0 Å². The Bertz CT molecular complexity index is 61.5. The average Bonchev–Trinajstić information content (AvgIpc) is 1.25. The molecule has 0 aromatic heterocycles. The molecule has 0 bridgehead atoms. The Balaban J connectivity index is 0. The number of halogens is 1. The van der Waals surface area contributed by atoms with E-state index < -0.39 is 21.1 Å². The molecule has 0 heterocycles. The van der Waals surface area contributed by atoms with Crippen molar-refractivity contribution in [3.8, 4) is 0 Å². The van der Waals surface area contributed by atoms with E-state index in [-0.39, 0.29) is 5.11 Å². The van der Waals surface area contributed by atoms with E-state index in [1.807, 2.05) is 0 Å². The molecular formula is CH5IN2O3S. The van der Waals surface area contributed by atoms with Gasteiger partial charge in [0.15, 0.2) is 5.11 Å². The SMILES string of the molecule is NC(N)=S.[O-][I+2]([O-])O. The second kappa shape index (κ2) is 7.30. The van der Waals surface area contributed by atoms with Crippen LogP contribution in [0.2, 0.25) is 0 Å². The number of nitrogens with two attached hydrogens (primary N) is 2. The molecule has 0 radical (unpaired) electrons. The Labute approximate surface area is 60.3 Å². The summed E-state index contributed by atoms with van der Waals surface area (Å²) >= 11 is 0.329. The molecule has 0 aromatic carbocycles. The van der Waals surface area contributed by atoms with Gasteiger partial charge in [-0.15, -0.1) is 0 Å². The lowest BCUT2D eigenvalue weighted by Gasteiger charge is -1.68. The predicted molar refractivity (Wildman–Crippen MR) is 23.2 cm³/mol. The van der Waals surface area contributed by atoms with Crippen LogP contribution in [0.1, 0.15) is 0 Å². The van der Waals surface area contributed by atoms with Gasteiger partial charge >= 0.3 is 21.1 Å². The fourth-order valence-electron chi connectivity index (χ4n) is 0. The summed E-state index contributed by atoms with van der Waals surface area (Å²) in [7, 11) is 0. The molecule has 8 heavy (non-hydrogen) atoms. The van der Waals surface area contributed by atoms with Crippen molar-refractivity contribution in [2.75, 3.05) is 0 Å². The molecule has 0 unspecified atom stereocenters. The van der Waals surface area contributed by atoms with Gasteiger partial charge in [0.1, 0.15) is 0 Å². The van der Waals surface area contributed by atoms with Crippen LogP contribution in [0.15, 0.2) is 0 Å². The van der Waals surface area contributed by atoms with E-state index in [4.69, 9.17) is 10.3 Å². The van der Waals surface area contributed by atoms with Crippen LogP contribution < -0.4 is 39.4 Å². The summed E-state index contributed by atoms with van der Waals surface area (Å²) in [6.07, 6.45) is 0. The van der Waals surface area contributed by atoms with Crippen LogP contribution in [0, 0.1) is 0 Å². The standard InChI is InChI=1S/CH4N2S.HIO3/c2*2-1(3)4/h(H4,2,3,4);2H. The van der Waals surface area contributed by atoms with Gasteiger partial charge in [0.2, 0.25) is 0 Å². The van der Waals surface area contributed by atoms with Crippen molar-refractivity contribution in [2.24, 2.45) is 11.5 Å². The number of rotatable bonds is 0. The molecule has 0 fully saturated rings. The van der Waals surface area contributed by atoms with Gasteiger partial charge in [-0.3, -0.25) is 0 Å². The third kappa shape index (κ3) is 1970. The zero-order valence-electron chi connectivity index (χ0n) is 3.70. The van der Waals surface area contributed by atoms with Crippen LogP contribution in [-0.2, 0) is 0 Å². The predicted octanol–water partition coefficient (Wildman–Crippen LogP) is -6.74. The van der Waals surface area contributed by atoms with Gasteiger partial charge in [-0.1, -0.05) is 0 Å². The third-order valence-corrected chi connectivity index (χ3v) is 0. The van der Waals surface area contributed by atoms with Crippen molar-refractivity contribution in [3.63, 3.8) is 0 Å². The molecule has 5 nitrogen and oxygen atoms in total. The molecule has 5 N–H and O–H groups in total. The summed E-state index contributed by atoms with van der Waals surface area (Å²) in [5.74, 6) is 0. The van der Waals surface area contributed by atoms with Gasteiger partial charge in [-0.2, -0.15) is 0 Å². The van der Waals surface area contributed by atoms with Gasteiger partial charge < -0.3 is 18.3 Å². The molecule has 0 saturated heterocycles. The summed E-state index contributed by atoms with van der Waals surface area (Å²) in [6.45, 7) is 0. The minimum atomic E-state index is -3.76. The van der Waals surface area contributed by atoms with Crippen LogP contribution >= 0.6 is 12.2 Å². The van der Waals surface area contributed by atoms with E-state index in [2.05, 4.69) is 23.7 Å². The summed E-state index contributed by atoms with van der Waals surface area (Å²) in [6, 6.07) is 0. The van der Waals surface area contributed by atoms with Gasteiger partial charge in [0.25, 0.3) is 0 Å². The topological polar surface area (TPSA) is 118 Å². The zero-order chi connectivity index (χ0) is 7.15. The molecule has 0 spiro atoms.